The molecular weight excluding hydrogens is 216 g/mol. The molecule has 0 saturated carbocycles. The Bertz CT molecular complexity index is 232. The molecule has 0 aromatic heterocycles. The summed E-state index contributed by atoms with van der Waals surface area (Å²) in [6, 6.07) is 0. The van der Waals surface area contributed by atoms with Crippen LogP contribution in [-0.4, -0.2) is 38.8 Å². The Balaban J connectivity index is 1.68. The first-order chi connectivity index (χ1) is 8.36. The van der Waals surface area contributed by atoms with Gasteiger partial charge < -0.3 is 15.4 Å². The number of carbonyl (C=O) groups is 1. The van der Waals surface area contributed by atoms with E-state index in [-0.39, 0.29) is 11.8 Å². The second-order valence-corrected chi connectivity index (χ2v) is 5.18. The first-order valence-corrected chi connectivity index (χ1v) is 6.92. The third kappa shape index (κ3) is 4.28. The quantitative estimate of drug-likeness (QED) is 0.771. The van der Waals surface area contributed by atoms with Gasteiger partial charge in [-0.2, -0.15) is 0 Å². The Labute approximate surface area is 103 Å². The van der Waals surface area contributed by atoms with Crippen LogP contribution < -0.4 is 10.6 Å². The van der Waals surface area contributed by atoms with Crippen LogP contribution in [0.25, 0.3) is 0 Å². The van der Waals surface area contributed by atoms with E-state index >= 15 is 0 Å². The number of hydrogen-bond donors (Lipinski definition) is 2. The average molecular weight is 240 g/mol. The Morgan fingerprint density at radius 3 is 2.82 bits per heavy atom. The minimum Gasteiger partial charge on any atom is -0.381 e. The van der Waals surface area contributed by atoms with Crippen LogP contribution in [0.3, 0.4) is 0 Å². The highest BCUT2D eigenvalue weighted by Gasteiger charge is 2.21. The van der Waals surface area contributed by atoms with Gasteiger partial charge in [0.1, 0.15) is 0 Å². The molecule has 2 heterocycles. The molecule has 0 bridgehead atoms. The molecule has 4 heteroatoms. The fourth-order valence-corrected chi connectivity index (χ4v) is 2.62. The van der Waals surface area contributed by atoms with E-state index in [1.54, 1.807) is 0 Å². The van der Waals surface area contributed by atoms with E-state index in [4.69, 9.17) is 4.74 Å². The predicted octanol–water partition coefficient (Wildman–Crippen LogP) is 0.919. The van der Waals surface area contributed by atoms with Gasteiger partial charge >= 0.3 is 0 Å². The molecule has 2 N–H and O–H groups in total. The molecule has 0 radical (unpaired) electrons. The predicted molar refractivity (Wildman–Crippen MR) is 66.8 cm³/mol. The molecule has 1 unspecified atom stereocenters. The summed E-state index contributed by atoms with van der Waals surface area (Å²) >= 11 is 0. The number of nitrogens with one attached hydrogen (secondary N) is 2. The number of ether oxygens (including phenoxy) is 1. The van der Waals surface area contributed by atoms with E-state index in [0.717, 1.165) is 65.0 Å². The largest absolute Gasteiger partial charge is 0.381 e. The van der Waals surface area contributed by atoms with Gasteiger partial charge in [-0.25, -0.2) is 0 Å². The lowest BCUT2D eigenvalue weighted by atomic mass is 9.97. The van der Waals surface area contributed by atoms with Gasteiger partial charge in [0.2, 0.25) is 5.91 Å². The van der Waals surface area contributed by atoms with Crippen molar-refractivity contribution in [3.63, 3.8) is 0 Å². The highest BCUT2D eigenvalue weighted by molar-refractivity contribution is 5.78. The second kappa shape index (κ2) is 6.97. The summed E-state index contributed by atoms with van der Waals surface area (Å²) in [5.41, 5.74) is 0. The summed E-state index contributed by atoms with van der Waals surface area (Å²) in [5, 5.41) is 6.47. The van der Waals surface area contributed by atoms with E-state index in [9.17, 15) is 4.79 Å². The van der Waals surface area contributed by atoms with Crippen molar-refractivity contribution < 1.29 is 9.53 Å². The summed E-state index contributed by atoms with van der Waals surface area (Å²) in [6.07, 6.45) is 5.32. The molecule has 1 atom stereocenters. The minimum absolute atomic E-state index is 0.227. The van der Waals surface area contributed by atoms with Crippen LogP contribution in [0.1, 0.15) is 32.1 Å². The van der Waals surface area contributed by atoms with E-state index < -0.39 is 0 Å². The lowest BCUT2D eigenvalue weighted by molar-refractivity contribution is -0.125. The van der Waals surface area contributed by atoms with Gasteiger partial charge in [0, 0.05) is 25.7 Å². The van der Waals surface area contributed by atoms with Gasteiger partial charge in [-0.15, -0.1) is 0 Å². The Hall–Kier alpha value is -0.610. The lowest BCUT2D eigenvalue weighted by Gasteiger charge is -2.23. The molecule has 2 aliphatic rings. The van der Waals surface area contributed by atoms with Crippen molar-refractivity contribution in [1.82, 2.24) is 10.6 Å². The summed E-state index contributed by atoms with van der Waals surface area (Å²) in [6.45, 7) is 4.59. The number of amides is 1. The van der Waals surface area contributed by atoms with Crippen LogP contribution in [-0.2, 0) is 9.53 Å². The van der Waals surface area contributed by atoms with Gasteiger partial charge in [-0.05, 0) is 51.1 Å². The van der Waals surface area contributed by atoms with Crippen LogP contribution in [0.5, 0.6) is 0 Å². The molecule has 98 valence electrons. The molecule has 1 amide bonds. The molecule has 0 aromatic rings. The smallest absolute Gasteiger partial charge is 0.223 e. The van der Waals surface area contributed by atoms with Crippen molar-refractivity contribution in [1.29, 1.82) is 0 Å². The highest BCUT2D eigenvalue weighted by Crippen LogP contribution is 2.16. The van der Waals surface area contributed by atoms with Crippen LogP contribution in [0, 0.1) is 11.8 Å². The molecule has 2 saturated heterocycles. The zero-order valence-corrected chi connectivity index (χ0v) is 10.5. The van der Waals surface area contributed by atoms with E-state index in [1.165, 1.54) is 0 Å². The maximum Gasteiger partial charge on any atom is 0.223 e. The minimum atomic E-state index is 0.227. The van der Waals surface area contributed by atoms with Crippen molar-refractivity contribution >= 4 is 5.91 Å². The molecule has 0 spiro atoms. The third-order valence-electron chi connectivity index (χ3n) is 3.85. The molecule has 2 rings (SSSR count). The monoisotopic (exact) mass is 240 g/mol. The lowest BCUT2D eigenvalue weighted by Crippen LogP contribution is -2.36. The molecular formula is C13H24N2O2. The number of rotatable bonds is 3. The zero-order chi connectivity index (χ0) is 11.9. The summed E-state index contributed by atoms with van der Waals surface area (Å²) in [4.78, 5) is 12.0. The van der Waals surface area contributed by atoms with Crippen LogP contribution >= 0.6 is 0 Å². The van der Waals surface area contributed by atoms with E-state index in [1.807, 2.05) is 0 Å². The first-order valence-electron chi connectivity index (χ1n) is 6.92. The van der Waals surface area contributed by atoms with Gasteiger partial charge in [0.25, 0.3) is 0 Å². The van der Waals surface area contributed by atoms with Gasteiger partial charge in [0.05, 0.1) is 0 Å². The summed E-state index contributed by atoms with van der Waals surface area (Å²) in [5.74, 6) is 1.11. The normalized spacial score (nSPS) is 27.4. The fraction of sp³-hybridized carbons (Fsp3) is 0.923. The maximum atomic E-state index is 12.0. The molecule has 0 aromatic carbocycles. The topological polar surface area (TPSA) is 50.4 Å². The Kier molecular flexibility index (Phi) is 5.26. The maximum absolute atomic E-state index is 12.0. The second-order valence-electron chi connectivity index (χ2n) is 5.18. The number of hydrogen-bond acceptors (Lipinski definition) is 3. The van der Waals surface area contributed by atoms with Crippen molar-refractivity contribution in [2.45, 2.75) is 32.1 Å². The molecule has 4 nitrogen and oxygen atoms in total. The zero-order valence-electron chi connectivity index (χ0n) is 10.5. The van der Waals surface area contributed by atoms with Gasteiger partial charge in [-0.1, -0.05) is 0 Å². The molecule has 0 aliphatic carbocycles. The molecule has 2 aliphatic heterocycles. The average Bonchev–Trinajstić information content (AvgIpc) is 2.66. The van der Waals surface area contributed by atoms with Crippen molar-refractivity contribution in [3.8, 4) is 0 Å². The van der Waals surface area contributed by atoms with Crippen molar-refractivity contribution in [2.75, 3.05) is 32.8 Å². The Morgan fingerprint density at radius 2 is 2.00 bits per heavy atom. The van der Waals surface area contributed by atoms with Gasteiger partial charge in [-0.3, -0.25) is 4.79 Å². The Morgan fingerprint density at radius 1 is 1.18 bits per heavy atom. The number of carbonyl (C=O) groups excluding carboxylic acids is 1. The highest BCUT2D eigenvalue weighted by atomic mass is 16.5. The van der Waals surface area contributed by atoms with Crippen LogP contribution in [0.4, 0.5) is 0 Å². The summed E-state index contributed by atoms with van der Waals surface area (Å²) < 4.78 is 5.32. The van der Waals surface area contributed by atoms with Gasteiger partial charge in [0.15, 0.2) is 0 Å². The van der Waals surface area contributed by atoms with E-state index in [0.29, 0.717) is 5.92 Å². The van der Waals surface area contributed by atoms with Crippen molar-refractivity contribution in [2.24, 2.45) is 11.8 Å². The first kappa shape index (κ1) is 12.8. The standard InChI is InChI=1S/C13H24N2O2/c16-13(12-2-1-6-14-7-3-12)15-10-11-4-8-17-9-5-11/h11-12,14H,1-10H2,(H,15,16). The third-order valence-corrected chi connectivity index (χ3v) is 3.85. The molecule has 2 fully saturated rings. The summed E-state index contributed by atoms with van der Waals surface area (Å²) in [7, 11) is 0. The molecule has 17 heavy (non-hydrogen) atoms. The van der Waals surface area contributed by atoms with Crippen molar-refractivity contribution in [3.05, 3.63) is 0 Å². The van der Waals surface area contributed by atoms with E-state index in [2.05, 4.69) is 10.6 Å². The van der Waals surface area contributed by atoms with Crippen LogP contribution in [0.2, 0.25) is 0 Å². The van der Waals surface area contributed by atoms with Crippen LogP contribution in [0.15, 0.2) is 0 Å². The fourth-order valence-electron chi connectivity index (χ4n) is 2.62. The SMILES string of the molecule is O=C(NCC1CCOCC1)C1CCCNCC1.